The quantitative estimate of drug-likeness (QED) is 0.220. The fraction of sp³-hybridized carbons (Fsp3) is 1.00. The third kappa shape index (κ3) is 8.98. The van der Waals surface area contributed by atoms with Crippen LogP contribution >= 0.6 is 0 Å². The van der Waals surface area contributed by atoms with Crippen molar-refractivity contribution in [3.8, 4) is 0 Å². The molecule has 0 bridgehead atoms. The van der Waals surface area contributed by atoms with Crippen LogP contribution in [0, 0.1) is 0 Å². The first-order valence-corrected chi connectivity index (χ1v) is 10.5. The van der Waals surface area contributed by atoms with Crippen LogP contribution < -0.4 is 0 Å². The molecule has 0 aliphatic heterocycles. The first kappa shape index (κ1) is 33.8. The van der Waals surface area contributed by atoms with E-state index in [-0.39, 0.29) is 0 Å². The van der Waals surface area contributed by atoms with E-state index in [0.717, 1.165) is 0 Å². The molecule has 0 aromatic heterocycles. The van der Waals surface area contributed by atoms with Crippen molar-refractivity contribution in [3.63, 3.8) is 0 Å². The summed E-state index contributed by atoms with van der Waals surface area (Å²) in [4.78, 5) is 0. The Balaban J connectivity index is 4.68. The van der Waals surface area contributed by atoms with Gasteiger partial charge in [0.05, 0.1) is 13.2 Å². The van der Waals surface area contributed by atoms with E-state index >= 15 is 0 Å². The Kier molecular flexibility index (Phi) is 10.3. The molecule has 0 spiro atoms. The van der Waals surface area contributed by atoms with Crippen molar-refractivity contribution in [2.45, 2.75) is 42.5 Å². The highest BCUT2D eigenvalue weighted by Gasteiger charge is 2.74. The van der Waals surface area contributed by atoms with Gasteiger partial charge in [0.1, 0.15) is 13.2 Å². The van der Waals surface area contributed by atoms with Gasteiger partial charge in [0.25, 0.3) is 0 Å². The summed E-state index contributed by atoms with van der Waals surface area (Å²) in [7, 11) is -11.4. The van der Waals surface area contributed by atoms with Crippen LogP contribution in [0.4, 0.5) is 61.5 Å². The Hall–Kier alpha value is -1.24. The molecule has 0 aromatic carbocycles. The Bertz CT molecular complexity index is 835. The van der Waals surface area contributed by atoms with Crippen LogP contribution in [0.25, 0.3) is 0 Å². The molecule has 35 heavy (non-hydrogen) atoms. The van der Waals surface area contributed by atoms with Gasteiger partial charge in [0.2, 0.25) is 0 Å². The second-order valence-electron chi connectivity index (χ2n) is 5.89. The van der Waals surface area contributed by atoms with E-state index in [1.165, 1.54) is 0 Å². The van der Waals surface area contributed by atoms with Gasteiger partial charge in [0.15, 0.2) is 0 Å². The van der Waals surface area contributed by atoms with E-state index in [2.05, 4.69) is 16.7 Å². The molecule has 0 N–H and O–H groups in total. The van der Waals surface area contributed by atoms with E-state index < -0.39 is 89.7 Å². The average Bonchev–Trinajstić information content (AvgIpc) is 2.62. The summed E-state index contributed by atoms with van der Waals surface area (Å²) in [6, 6.07) is 0. The number of halogens is 14. The molecule has 0 radical (unpaired) electrons. The monoisotopic (exact) mass is 600 g/mol. The summed E-state index contributed by atoms with van der Waals surface area (Å²) in [5.74, 6) is -25.6. The minimum Gasteiger partial charge on any atom is -0.248 e. The van der Waals surface area contributed by atoms with Crippen LogP contribution in [0.15, 0.2) is 0 Å². The second kappa shape index (κ2) is 10.6. The van der Waals surface area contributed by atoms with Crippen LogP contribution in [-0.2, 0) is 37.5 Å². The molecule has 0 atom stereocenters. The van der Waals surface area contributed by atoms with Crippen molar-refractivity contribution < 1.29 is 95.0 Å². The van der Waals surface area contributed by atoms with Crippen molar-refractivity contribution in [2.75, 3.05) is 26.4 Å². The molecule has 0 saturated carbocycles. The number of rotatable bonds is 14. The van der Waals surface area contributed by atoms with Gasteiger partial charge in [-0.05, 0) is 6.42 Å². The van der Waals surface area contributed by atoms with Crippen LogP contribution in [0.1, 0.15) is 6.42 Å². The summed E-state index contributed by atoms with van der Waals surface area (Å²) < 4.78 is 231. The Morgan fingerprint density at radius 3 is 0.943 bits per heavy atom. The molecule has 8 nitrogen and oxygen atoms in total. The van der Waals surface area contributed by atoms with Gasteiger partial charge in [0, 0.05) is 0 Å². The smallest absolute Gasteiger partial charge is 0.248 e. The maximum atomic E-state index is 12.9. The lowest BCUT2D eigenvalue weighted by atomic mass is 10.2. The van der Waals surface area contributed by atoms with Crippen molar-refractivity contribution in [2.24, 2.45) is 0 Å². The van der Waals surface area contributed by atoms with E-state index in [1.54, 1.807) is 0 Å². The van der Waals surface area contributed by atoms with Crippen LogP contribution in [0.5, 0.6) is 0 Å². The Morgan fingerprint density at radius 1 is 0.457 bits per heavy atom. The van der Waals surface area contributed by atoms with Gasteiger partial charge in [-0.2, -0.15) is 78.3 Å². The summed E-state index contributed by atoms with van der Waals surface area (Å²) in [5, 5.41) is 0. The first-order valence-electron chi connectivity index (χ1n) is 7.84. The lowest BCUT2D eigenvalue weighted by Gasteiger charge is -2.27. The average molecular weight is 600 g/mol. The van der Waals surface area contributed by atoms with Crippen molar-refractivity contribution >= 4 is 20.8 Å². The fourth-order valence-corrected chi connectivity index (χ4v) is 2.70. The zero-order valence-electron chi connectivity index (χ0n) is 15.9. The van der Waals surface area contributed by atoms with E-state index in [0.29, 0.717) is 0 Å². The Labute approximate surface area is 185 Å². The van der Waals surface area contributed by atoms with Crippen LogP contribution in [0.3, 0.4) is 0 Å². The number of alkyl halides is 14. The molecule has 0 rings (SSSR count). The van der Waals surface area contributed by atoms with Gasteiger partial charge < -0.3 is 0 Å². The third-order valence-corrected chi connectivity index (χ3v) is 4.87. The maximum absolute atomic E-state index is 12.9. The molecule has 24 heteroatoms. The molecule has 0 unspecified atom stereocenters. The zero-order valence-corrected chi connectivity index (χ0v) is 17.5. The summed E-state index contributed by atoms with van der Waals surface area (Å²) in [6.07, 6.45) is -14.6. The van der Waals surface area contributed by atoms with E-state index in [1.807, 2.05) is 0 Å². The SMILES string of the molecule is O=S(=O)(OCCCOS(=O)(=O)OCC(F)(F)C(F)(F)C(F)(F)F)OCC(F)(F)C(F)(F)C(F)(F)F. The highest BCUT2D eigenvalue weighted by Crippen LogP contribution is 2.47. The van der Waals surface area contributed by atoms with Crippen LogP contribution in [0.2, 0.25) is 0 Å². The molecule has 0 aromatic rings. The lowest BCUT2D eigenvalue weighted by Crippen LogP contribution is -2.54. The molecule has 0 saturated heterocycles. The second-order valence-corrected chi connectivity index (χ2v) is 8.47. The predicted octanol–water partition coefficient (Wildman–Crippen LogP) is 3.60. The van der Waals surface area contributed by atoms with Gasteiger partial charge >= 0.3 is 56.8 Å². The van der Waals surface area contributed by atoms with Gasteiger partial charge in [-0.3, -0.25) is 0 Å². The number of hydrogen-bond donors (Lipinski definition) is 0. The largest absolute Gasteiger partial charge is 0.459 e. The first-order chi connectivity index (χ1) is 15.1. The molecule has 0 amide bonds. The van der Waals surface area contributed by atoms with Crippen molar-refractivity contribution in [1.82, 2.24) is 0 Å². The standard InChI is InChI=1S/C11H10F14O8S2/c12-6(13,8(16,17)10(20,21)22)4-32-34(26,27)30-2-1-3-31-35(28,29)33-5-7(14,15)9(18,19)11(23,24)25/h1-5H2. The summed E-state index contributed by atoms with van der Waals surface area (Å²) in [6.45, 7) is -8.81. The van der Waals surface area contributed by atoms with E-state index in [9.17, 15) is 78.3 Å². The normalized spacial score (nSPS) is 15.5. The molecule has 0 heterocycles. The van der Waals surface area contributed by atoms with E-state index in [4.69, 9.17) is 0 Å². The minimum atomic E-state index is -6.80. The Morgan fingerprint density at radius 2 is 0.714 bits per heavy atom. The van der Waals surface area contributed by atoms with Crippen molar-refractivity contribution in [1.29, 1.82) is 0 Å². The fourth-order valence-electron chi connectivity index (χ4n) is 1.34. The molecule has 0 aliphatic carbocycles. The predicted molar refractivity (Wildman–Crippen MR) is 78.2 cm³/mol. The molecular formula is C11H10F14O8S2. The zero-order chi connectivity index (χ0) is 28.4. The molecule has 0 fully saturated rings. The maximum Gasteiger partial charge on any atom is 0.459 e. The summed E-state index contributed by atoms with van der Waals surface area (Å²) in [5.41, 5.74) is 0. The highest BCUT2D eigenvalue weighted by molar-refractivity contribution is 7.82. The lowest BCUT2D eigenvalue weighted by molar-refractivity contribution is -0.358. The molecular weight excluding hydrogens is 590 g/mol. The number of hydrogen-bond acceptors (Lipinski definition) is 8. The third-order valence-electron chi connectivity index (χ3n) is 3.14. The van der Waals surface area contributed by atoms with Gasteiger partial charge in [-0.1, -0.05) is 0 Å². The van der Waals surface area contributed by atoms with Crippen LogP contribution in [-0.4, -0.2) is 79.3 Å². The van der Waals surface area contributed by atoms with Crippen molar-refractivity contribution in [3.05, 3.63) is 0 Å². The van der Waals surface area contributed by atoms with Gasteiger partial charge in [-0.25, -0.2) is 16.7 Å². The molecule has 212 valence electrons. The molecule has 0 aliphatic rings. The highest BCUT2D eigenvalue weighted by atomic mass is 32.3. The minimum absolute atomic E-state index is 1.00. The summed E-state index contributed by atoms with van der Waals surface area (Å²) >= 11 is 0. The van der Waals surface area contributed by atoms with Gasteiger partial charge in [-0.15, -0.1) is 0 Å². The topological polar surface area (TPSA) is 105 Å².